The third kappa shape index (κ3) is 1.85. The van der Waals surface area contributed by atoms with E-state index in [0.29, 0.717) is 5.82 Å². The zero-order chi connectivity index (χ0) is 13.4. The zero-order valence-electron chi connectivity index (χ0n) is 10.4. The maximum atomic E-state index is 9.83. The highest BCUT2D eigenvalue weighted by Gasteiger charge is 2.15. The maximum Gasteiger partial charge on any atom is 0.199 e. The van der Waals surface area contributed by atoms with Crippen LogP contribution in [0.25, 0.3) is 11.5 Å². The molecule has 0 aliphatic heterocycles. The lowest BCUT2D eigenvalue weighted by molar-refractivity contribution is 0.399. The summed E-state index contributed by atoms with van der Waals surface area (Å²) in [4.78, 5) is 0. The van der Waals surface area contributed by atoms with Gasteiger partial charge in [-0.15, -0.1) is 0 Å². The number of aromatic hydroxyl groups is 2. The summed E-state index contributed by atoms with van der Waals surface area (Å²) in [6, 6.07) is 14.2. The molecule has 5 nitrogen and oxygen atoms in total. The molecule has 2 N–H and O–H groups in total. The highest BCUT2D eigenvalue weighted by Crippen LogP contribution is 2.28. The van der Waals surface area contributed by atoms with E-state index in [-0.39, 0.29) is 11.8 Å². The van der Waals surface area contributed by atoms with Crippen molar-refractivity contribution >= 4 is 0 Å². The molecule has 0 fully saturated rings. The van der Waals surface area contributed by atoms with Crippen molar-refractivity contribution in [2.75, 3.05) is 0 Å². The van der Waals surface area contributed by atoms with E-state index in [1.54, 1.807) is 10.7 Å². The summed E-state index contributed by atoms with van der Waals surface area (Å²) < 4.78 is 3.02. The van der Waals surface area contributed by atoms with Gasteiger partial charge in [-0.2, -0.15) is 5.10 Å². The van der Waals surface area contributed by atoms with E-state index in [1.807, 2.05) is 37.3 Å². The van der Waals surface area contributed by atoms with Gasteiger partial charge in [-0.3, -0.25) is 0 Å². The molecule has 0 amide bonds. The van der Waals surface area contributed by atoms with Gasteiger partial charge >= 0.3 is 0 Å². The average Bonchev–Trinajstić information content (AvgIpc) is 2.94. The number of hydrogen-bond donors (Lipinski definition) is 2. The largest absolute Gasteiger partial charge is 0.494 e. The molecule has 0 aliphatic rings. The molecule has 96 valence electrons. The van der Waals surface area contributed by atoms with Crippen molar-refractivity contribution in [3.8, 4) is 23.3 Å². The lowest BCUT2D eigenvalue weighted by Crippen LogP contribution is -2.04. The molecule has 0 radical (unpaired) electrons. The quantitative estimate of drug-likeness (QED) is 0.739. The second-order valence-corrected chi connectivity index (χ2v) is 4.28. The first-order valence-electron chi connectivity index (χ1n) is 5.89. The van der Waals surface area contributed by atoms with Gasteiger partial charge in [0.05, 0.1) is 11.4 Å². The van der Waals surface area contributed by atoms with Crippen LogP contribution in [-0.4, -0.2) is 24.6 Å². The Labute approximate surface area is 110 Å². The third-order valence-corrected chi connectivity index (χ3v) is 2.88. The maximum absolute atomic E-state index is 9.83. The van der Waals surface area contributed by atoms with Crippen LogP contribution in [0.2, 0.25) is 0 Å². The van der Waals surface area contributed by atoms with Gasteiger partial charge in [0, 0.05) is 18.2 Å². The van der Waals surface area contributed by atoms with Crippen molar-refractivity contribution in [1.82, 2.24) is 14.3 Å². The topological polar surface area (TPSA) is 63.2 Å². The van der Waals surface area contributed by atoms with Crippen LogP contribution < -0.4 is 0 Å². The molecule has 0 saturated heterocycles. The normalized spacial score (nSPS) is 10.8. The second-order valence-electron chi connectivity index (χ2n) is 4.28. The van der Waals surface area contributed by atoms with Gasteiger partial charge < -0.3 is 10.2 Å². The summed E-state index contributed by atoms with van der Waals surface area (Å²) >= 11 is 0. The molecule has 0 bridgehead atoms. The number of benzene rings is 1. The fourth-order valence-corrected chi connectivity index (χ4v) is 2.05. The summed E-state index contributed by atoms with van der Waals surface area (Å²) in [5.74, 6) is 0.521. The number of aryl methyl sites for hydroxylation is 1. The number of rotatable bonds is 2. The zero-order valence-corrected chi connectivity index (χ0v) is 10.4. The van der Waals surface area contributed by atoms with Crippen LogP contribution in [0.4, 0.5) is 0 Å². The molecule has 0 spiro atoms. The Morgan fingerprint density at radius 1 is 0.947 bits per heavy atom. The standard InChI is InChI=1S/C14H13N3O2/c1-10-9-12(16-13(18)7-8-14(16)19)17(15-10)11-5-3-2-4-6-11/h2-9,18-19H,1H3. The first kappa shape index (κ1) is 11.4. The Hall–Kier alpha value is -2.69. The SMILES string of the molecule is Cc1cc(-n2c(O)ccc2O)n(-c2ccccc2)n1. The highest BCUT2D eigenvalue weighted by molar-refractivity contribution is 5.44. The molecule has 0 atom stereocenters. The van der Waals surface area contributed by atoms with Crippen LogP contribution in [0.5, 0.6) is 11.8 Å². The number of nitrogens with zero attached hydrogens (tertiary/aromatic N) is 3. The van der Waals surface area contributed by atoms with Gasteiger partial charge in [-0.25, -0.2) is 9.25 Å². The van der Waals surface area contributed by atoms with Crippen molar-refractivity contribution in [3.05, 3.63) is 54.2 Å². The predicted molar refractivity (Wildman–Crippen MR) is 71.0 cm³/mol. The van der Waals surface area contributed by atoms with Gasteiger partial charge in [0.2, 0.25) is 0 Å². The molecule has 0 aliphatic carbocycles. The fourth-order valence-electron chi connectivity index (χ4n) is 2.05. The first-order valence-corrected chi connectivity index (χ1v) is 5.89. The average molecular weight is 255 g/mol. The minimum atomic E-state index is -0.0328. The van der Waals surface area contributed by atoms with Crippen molar-refractivity contribution in [3.63, 3.8) is 0 Å². The molecule has 19 heavy (non-hydrogen) atoms. The lowest BCUT2D eigenvalue weighted by atomic mass is 10.3. The van der Waals surface area contributed by atoms with E-state index in [1.165, 1.54) is 16.7 Å². The highest BCUT2D eigenvalue weighted by atomic mass is 16.3. The van der Waals surface area contributed by atoms with Gasteiger partial charge in [-0.1, -0.05) is 18.2 Å². The Bertz CT molecular complexity index is 694. The van der Waals surface area contributed by atoms with Crippen LogP contribution in [-0.2, 0) is 0 Å². The van der Waals surface area contributed by atoms with Gasteiger partial charge in [0.15, 0.2) is 11.8 Å². The summed E-state index contributed by atoms with van der Waals surface area (Å²) in [5.41, 5.74) is 1.66. The fraction of sp³-hybridized carbons (Fsp3) is 0.0714. The second kappa shape index (κ2) is 4.20. The monoisotopic (exact) mass is 255 g/mol. The number of para-hydroxylation sites is 1. The molecule has 3 rings (SSSR count). The molecule has 1 aromatic carbocycles. The molecule has 0 saturated carbocycles. The van der Waals surface area contributed by atoms with Gasteiger partial charge in [-0.05, 0) is 19.1 Å². The van der Waals surface area contributed by atoms with Crippen LogP contribution in [0.3, 0.4) is 0 Å². The molecular weight excluding hydrogens is 242 g/mol. The van der Waals surface area contributed by atoms with E-state index < -0.39 is 0 Å². The van der Waals surface area contributed by atoms with Crippen molar-refractivity contribution in [1.29, 1.82) is 0 Å². The Morgan fingerprint density at radius 2 is 1.58 bits per heavy atom. The lowest BCUT2D eigenvalue weighted by Gasteiger charge is -2.10. The van der Waals surface area contributed by atoms with E-state index in [2.05, 4.69) is 5.10 Å². The summed E-state index contributed by atoms with van der Waals surface area (Å²) in [5, 5.41) is 24.0. The van der Waals surface area contributed by atoms with Gasteiger partial charge in [0.25, 0.3) is 0 Å². The van der Waals surface area contributed by atoms with Crippen LogP contribution in [0.15, 0.2) is 48.5 Å². The number of aromatic nitrogens is 3. The minimum Gasteiger partial charge on any atom is -0.494 e. The summed E-state index contributed by atoms with van der Waals surface area (Å²) in [6.07, 6.45) is 0. The predicted octanol–water partition coefficient (Wildman–Crippen LogP) is 2.38. The van der Waals surface area contributed by atoms with E-state index in [9.17, 15) is 10.2 Å². The summed E-state index contributed by atoms with van der Waals surface area (Å²) in [7, 11) is 0. The van der Waals surface area contributed by atoms with E-state index in [0.717, 1.165) is 11.4 Å². The smallest absolute Gasteiger partial charge is 0.199 e. The van der Waals surface area contributed by atoms with Crippen molar-refractivity contribution in [2.24, 2.45) is 0 Å². The Kier molecular flexibility index (Phi) is 2.52. The molecular formula is C14H13N3O2. The van der Waals surface area contributed by atoms with Crippen molar-refractivity contribution in [2.45, 2.75) is 6.92 Å². The molecule has 0 unspecified atom stereocenters. The minimum absolute atomic E-state index is 0.0328. The van der Waals surface area contributed by atoms with Gasteiger partial charge in [0.1, 0.15) is 5.82 Å². The Morgan fingerprint density at radius 3 is 2.21 bits per heavy atom. The third-order valence-electron chi connectivity index (χ3n) is 2.88. The van der Waals surface area contributed by atoms with E-state index >= 15 is 0 Å². The Balaban J connectivity index is 2.24. The molecule has 3 aromatic rings. The number of hydrogen-bond acceptors (Lipinski definition) is 3. The van der Waals surface area contributed by atoms with Crippen molar-refractivity contribution < 1.29 is 10.2 Å². The van der Waals surface area contributed by atoms with Crippen LogP contribution >= 0.6 is 0 Å². The van der Waals surface area contributed by atoms with Crippen LogP contribution in [0, 0.1) is 6.92 Å². The molecule has 5 heteroatoms. The van der Waals surface area contributed by atoms with E-state index in [4.69, 9.17) is 0 Å². The molecule has 2 aromatic heterocycles. The van der Waals surface area contributed by atoms with Crippen LogP contribution in [0.1, 0.15) is 5.69 Å². The summed E-state index contributed by atoms with van der Waals surface area (Å²) in [6.45, 7) is 1.86. The first-order chi connectivity index (χ1) is 9.16. The molecule has 2 heterocycles.